The van der Waals surface area contributed by atoms with Gasteiger partial charge < -0.3 is 0 Å². The first-order valence-corrected chi connectivity index (χ1v) is 14.9. The number of rotatable bonds is 6. The van der Waals surface area contributed by atoms with Crippen LogP contribution < -0.4 is 21.2 Å². The van der Waals surface area contributed by atoms with E-state index in [-0.39, 0.29) is 5.69 Å². The Morgan fingerprint density at radius 2 is 1.28 bits per heavy atom. The minimum atomic E-state index is -2.30. The third-order valence-corrected chi connectivity index (χ3v) is 12.9. The number of thiol groups is 1. The fraction of sp³-hybridized carbons (Fsp3) is 0. The number of carboxylic acid groups (broad SMARTS) is 1. The zero-order valence-corrected chi connectivity index (χ0v) is 21.8. The van der Waals surface area contributed by atoms with Gasteiger partial charge in [0.15, 0.2) is 0 Å². The van der Waals surface area contributed by atoms with Crippen molar-refractivity contribution in [2.75, 3.05) is 5.32 Å². The predicted octanol–water partition coefficient (Wildman–Crippen LogP) is 4.72. The normalized spacial score (nSPS) is 11.2. The SMILES string of the molecule is O=C(Nc1cccc(P(=[Se])(c2ccccc2)c2ccccc2)c1)c1c(F)c(F)c(S)c(F)c1C(=O)O. The van der Waals surface area contributed by atoms with Crippen LogP contribution in [0.25, 0.3) is 0 Å². The molecule has 0 aliphatic heterocycles. The topological polar surface area (TPSA) is 66.4 Å². The van der Waals surface area contributed by atoms with Crippen LogP contribution in [0, 0.1) is 17.5 Å². The molecule has 1 amide bonds. The molecule has 0 unspecified atom stereocenters. The van der Waals surface area contributed by atoms with Gasteiger partial charge in [0.2, 0.25) is 0 Å². The Kier molecular flexibility index (Phi) is 7.57. The molecule has 36 heavy (non-hydrogen) atoms. The molecule has 4 rings (SSSR count). The maximum absolute atomic E-state index is 14.6. The van der Waals surface area contributed by atoms with Gasteiger partial charge in [0, 0.05) is 0 Å². The minimum absolute atomic E-state index is 0.190. The number of amides is 1. The van der Waals surface area contributed by atoms with E-state index < -0.39 is 50.9 Å². The standard InChI is InChI=1S/C26H17F3NO3PSSe/c27-21-19(20(26(32)33)22(28)24(35)23(21)29)25(31)30-15-8-7-13-18(14-15)34(36,16-9-3-1-4-10-16)17-11-5-2-6-12-17/h1-14,35H,(H,30,31)(H,32,33). The molecule has 0 aromatic heterocycles. The van der Waals surface area contributed by atoms with E-state index in [0.29, 0.717) is 0 Å². The van der Waals surface area contributed by atoms with Crippen molar-refractivity contribution in [1.82, 2.24) is 0 Å². The summed E-state index contributed by atoms with van der Waals surface area (Å²) in [4.78, 5) is 23.4. The van der Waals surface area contributed by atoms with Crippen molar-refractivity contribution in [2.45, 2.75) is 4.90 Å². The van der Waals surface area contributed by atoms with Gasteiger partial charge in [-0.3, -0.25) is 0 Å². The molecule has 0 aliphatic carbocycles. The molecule has 0 aliphatic rings. The molecule has 0 saturated heterocycles. The molecule has 0 atom stereocenters. The van der Waals surface area contributed by atoms with Gasteiger partial charge in [-0.1, -0.05) is 0 Å². The number of halogens is 3. The van der Waals surface area contributed by atoms with Crippen molar-refractivity contribution >= 4 is 66.7 Å². The summed E-state index contributed by atoms with van der Waals surface area (Å²) in [5, 5.41) is 14.6. The molecule has 182 valence electrons. The Morgan fingerprint density at radius 1 is 0.750 bits per heavy atom. The van der Waals surface area contributed by atoms with Crippen LogP contribution in [0.4, 0.5) is 18.9 Å². The van der Waals surface area contributed by atoms with Crippen molar-refractivity contribution in [2.24, 2.45) is 0 Å². The first kappa shape index (κ1) is 26.0. The summed E-state index contributed by atoms with van der Waals surface area (Å²) in [7, 11) is 0. The van der Waals surface area contributed by atoms with E-state index in [1.54, 1.807) is 12.1 Å². The van der Waals surface area contributed by atoms with Crippen molar-refractivity contribution in [3.8, 4) is 0 Å². The molecule has 0 saturated carbocycles. The van der Waals surface area contributed by atoms with Crippen LogP contribution in [0.15, 0.2) is 89.8 Å². The summed E-state index contributed by atoms with van der Waals surface area (Å²) in [5.74, 6) is -8.42. The molecule has 4 aromatic carbocycles. The summed E-state index contributed by atoms with van der Waals surface area (Å²) in [5.41, 5.74) is -4.66. The number of hydrogen-bond acceptors (Lipinski definition) is 3. The van der Waals surface area contributed by atoms with Gasteiger partial charge in [0.25, 0.3) is 0 Å². The molecular formula is C26H17F3NO3PSSe. The first-order chi connectivity index (χ1) is 17.2. The number of hydrogen-bond donors (Lipinski definition) is 3. The average Bonchev–Trinajstić information content (AvgIpc) is 2.89. The summed E-state index contributed by atoms with van der Waals surface area (Å²) in [6.45, 7) is 0. The average molecular weight is 590 g/mol. The Labute approximate surface area is 217 Å². The van der Waals surface area contributed by atoms with Crippen LogP contribution in [-0.4, -0.2) is 32.1 Å². The van der Waals surface area contributed by atoms with Crippen LogP contribution in [0.1, 0.15) is 20.7 Å². The van der Waals surface area contributed by atoms with Gasteiger partial charge in [-0.15, -0.1) is 0 Å². The maximum atomic E-state index is 14.6. The number of benzene rings is 4. The summed E-state index contributed by atoms with van der Waals surface area (Å²) in [6.07, 6.45) is 0. The molecule has 0 fully saturated rings. The molecule has 0 bridgehead atoms. The van der Waals surface area contributed by atoms with E-state index in [0.717, 1.165) is 15.9 Å². The summed E-state index contributed by atoms with van der Waals surface area (Å²) >= 11 is 6.85. The number of carboxylic acids is 1. The fourth-order valence-electron chi connectivity index (χ4n) is 3.76. The Morgan fingerprint density at radius 3 is 1.81 bits per heavy atom. The van der Waals surface area contributed by atoms with Crippen molar-refractivity contribution in [1.29, 1.82) is 0 Å². The van der Waals surface area contributed by atoms with Crippen molar-refractivity contribution in [3.05, 3.63) is 114 Å². The number of carbonyl (C=O) groups is 2. The van der Waals surface area contributed by atoms with Gasteiger partial charge in [0.05, 0.1) is 0 Å². The van der Waals surface area contributed by atoms with E-state index in [9.17, 15) is 27.9 Å². The number of nitrogens with one attached hydrogen (secondary N) is 1. The summed E-state index contributed by atoms with van der Waals surface area (Å²) < 4.78 is 43.1. The molecular weight excluding hydrogens is 573 g/mol. The summed E-state index contributed by atoms with van der Waals surface area (Å²) in [6, 6.07) is 26.2. The number of aromatic carboxylic acids is 1. The van der Waals surface area contributed by atoms with Crippen LogP contribution in [0.2, 0.25) is 0 Å². The second kappa shape index (κ2) is 10.5. The van der Waals surface area contributed by atoms with E-state index >= 15 is 0 Å². The molecule has 4 aromatic rings. The van der Waals surface area contributed by atoms with E-state index in [1.165, 1.54) is 6.07 Å². The van der Waals surface area contributed by atoms with Gasteiger partial charge in [0.1, 0.15) is 0 Å². The molecule has 2 N–H and O–H groups in total. The van der Waals surface area contributed by atoms with E-state index in [2.05, 4.69) is 33.0 Å². The Balaban J connectivity index is 1.81. The van der Waals surface area contributed by atoms with Crippen LogP contribution in [0.3, 0.4) is 0 Å². The van der Waals surface area contributed by atoms with Gasteiger partial charge in [-0.2, -0.15) is 0 Å². The molecule has 4 nitrogen and oxygen atoms in total. The van der Waals surface area contributed by atoms with Gasteiger partial charge in [-0.25, -0.2) is 0 Å². The van der Waals surface area contributed by atoms with Crippen LogP contribution in [0.5, 0.6) is 0 Å². The third-order valence-electron chi connectivity index (χ3n) is 5.45. The molecule has 10 heteroatoms. The molecule has 0 radical (unpaired) electrons. The molecule has 0 heterocycles. The first-order valence-electron chi connectivity index (χ1n) is 10.4. The zero-order valence-electron chi connectivity index (χ0n) is 18.3. The van der Waals surface area contributed by atoms with Gasteiger partial charge in [-0.05, 0) is 0 Å². The van der Waals surface area contributed by atoms with E-state index in [1.807, 2.05) is 66.7 Å². The fourth-order valence-corrected chi connectivity index (χ4v) is 8.91. The Hall–Kier alpha value is -3.09. The quantitative estimate of drug-likeness (QED) is 0.132. The number of anilines is 1. The second-order valence-electron chi connectivity index (χ2n) is 7.63. The third kappa shape index (κ3) is 4.67. The predicted molar refractivity (Wildman–Crippen MR) is 139 cm³/mol. The van der Waals surface area contributed by atoms with Gasteiger partial charge >= 0.3 is 218 Å². The van der Waals surface area contributed by atoms with Crippen LogP contribution in [-0.2, 0) is 0 Å². The van der Waals surface area contributed by atoms with Crippen molar-refractivity contribution < 1.29 is 27.9 Å². The van der Waals surface area contributed by atoms with Crippen molar-refractivity contribution in [3.63, 3.8) is 0 Å². The van der Waals surface area contributed by atoms with Crippen LogP contribution >= 0.6 is 18.1 Å². The van der Waals surface area contributed by atoms with E-state index in [4.69, 9.17) is 0 Å². The second-order valence-corrected chi connectivity index (χ2v) is 14.3. The Bertz CT molecular complexity index is 1490. The monoisotopic (exact) mass is 591 g/mol. The molecule has 0 spiro atoms. The zero-order chi connectivity index (χ0) is 26.0. The number of carbonyl (C=O) groups excluding carboxylic acids is 1.